The maximum atomic E-state index is 9.82. The van der Waals surface area contributed by atoms with Crippen molar-refractivity contribution in [2.75, 3.05) is 19.6 Å². The molecule has 0 spiro atoms. The van der Waals surface area contributed by atoms with Gasteiger partial charge in [-0.2, -0.15) is 0 Å². The highest BCUT2D eigenvalue weighted by Gasteiger charge is 2.26. The second-order valence-corrected chi connectivity index (χ2v) is 5.33. The van der Waals surface area contributed by atoms with Crippen molar-refractivity contribution in [2.45, 2.75) is 57.5 Å². The van der Waals surface area contributed by atoms with Gasteiger partial charge in [-0.1, -0.05) is 25.7 Å². The van der Waals surface area contributed by atoms with Gasteiger partial charge >= 0.3 is 0 Å². The standard InChI is InChI=1S/C13H25NO/c15-13-8-6-7-12(13)11-14-9-4-2-1-3-5-10-14/h12-13,15H,1-11H2. The first-order valence-corrected chi connectivity index (χ1v) is 6.76. The van der Waals surface area contributed by atoms with Crippen LogP contribution in [-0.4, -0.2) is 35.7 Å². The van der Waals surface area contributed by atoms with Crippen LogP contribution in [0.15, 0.2) is 0 Å². The fraction of sp³-hybridized carbons (Fsp3) is 1.00. The third-order valence-corrected chi connectivity index (χ3v) is 4.06. The highest BCUT2D eigenvalue weighted by molar-refractivity contribution is 4.79. The fourth-order valence-electron chi connectivity index (χ4n) is 3.06. The molecule has 2 unspecified atom stereocenters. The molecular weight excluding hydrogens is 186 g/mol. The van der Waals surface area contributed by atoms with Crippen LogP contribution in [-0.2, 0) is 0 Å². The monoisotopic (exact) mass is 211 g/mol. The summed E-state index contributed by atoms with van der Waals surface area (Å²) in [4.78, 5) is 2.60. The van der Waals surface area contributed by atoms with Crippen molar-refractivity contribution < 1.29 is 5.11 Å². The Balaban J connectivity index is 1.75. The predicted molar refractivity (Wildman–Crippen MR) is 62.9 cm³/mol. The fourth-order valence-corrected chi connectivity index (χ4v) is 3.06. The van der Waals surface area contributed by atoms with Crippen molar-refractivity contribution in [1.29, 1.82) is 0 Å². The average molecular weight is 211 g/mol. The van der Waals surface area contributed by atoms with Crippen LogP contribution < -0.4 is 0 Å². The van der Waals surface area contributed by atoms with E-state index in [1.165, 1.54) is 58.0 Å². The Bertz CT molecular complexity index is 175. The van der Waals surface area contributed by atoms with E-state index in [0.717, 1.165) is 13.0 Å². The Labute approximate surface area is 93.7 Å². The number of hydrogen-bond acceptors (Lipinski definition) is 2. The predicted octanol–water partition coefficient (Wildman–Crippen LogP) is 2.41. The van der Waals surface area contributed by atoms with Gasteiger partial charge in [-0.3, -0.25) is 0 Å². The number of aliphatic hydroxyl groups excluding tert-OH is 1. The minimum Gasteiger partial charge on any atom is -0.393 e. The summed E-state index contributed by atoms with van der Waals surface area (Å²) >= 11 is 0. The number of nitrogens with zero attached hydrogens (tertiary/aromatic N) is 1. The highest BCUT2D eigenvalue weighted by Crippen LogP contribution is 2.26. The normalized spacial score (nSPS) is 35.0. The molecule has 0 aromatic carbocycles. The lowest BCUT2D eigenvalue weighted by Crippen LogP contribution is -2.34. The maximum absolute atomic E-state index is 9.82. The molecule has 0 aromatic heterocycles. The van der Waals surface area contributed by atoms with E-state index in [1.807, 2.05) is 0 Å². The second-order valence-electron chi connectivity index (χ2n) is 5.33. The molecule has 0 radical (unpaired) electrons. The van der Waals surface area contributed by atoms with Gasteiger partial charge in [-0.25, -0.2) is 0 Å². The van der Waals surface area contributed by atoms with E-state index in [4.69, 9.17) is 0 Å². The lowest BCUT2D eigenvalue weighted by atomic mass is 10.0. The number of likely N-dealkylation sites (tertiary alicyclic amines) is 1. The van der Waals surface area contributed by atoms with Crippen LogP contribution in [0, 0.1) is 5.92 Å². The molecule has 0 amide bonds. The van der Waals surface area contributed by atoms with E-state index in [1.54, 1.807) is 0 Å². The molecule has 2 rings (SSSR count). The zero-order valence-corrected chi connectivity index (χ0v) is 9.83. The molecule has 2 aliphatic rings. The van der Waals surface area contributed by atoms with Crippen LogP contribution in [0.4, 0.5) is 0 Å². The van der Waals surface area contributed by atoms with Crippen LogP contribution in [0.25, 0.3) is 0 Å². The molecule has 1 saturated carbocycles. The first kappa shape index (κ1) is 11.4. The van der Waals surface area contributed by atoms with Gasteiger partial charge in [0, 0.05) is 6.54 Å². The summed E-state index contributed by atoms with van der Waals surface area (Å²) in [5.41, 5.74) is 0. The van der Waals surface area contributed by atoms with E-state index in [9.17, 15) is 5.11 Å². The van der Waals surface area contributed by atoms with Crippen molar-refractivity contribution in [3.63, 3.8) is 0 Å². The first-order chi connectivity index (χ1) is 7.36. The van der Waals surface area contributed by atoms with Gasteiger partial charge < -0.3 is 10.0 Å². The molecule has 0 aromatic rings. The summed E-state index contributed by atoms with van der Waals surface area (Å²) in [5, 5.41) is 9.82. The van der Waals surface area contributed by atoms with Crippen LogP contribution in [0.2, 0.25) is 0 Å². The quantitative estimate of drug-likeness (QED) is 0.758. The summed E-state index contributed by atoms with van der Waals surface area (Å²) in [6.07, 6.45) is 10.5. The van der Waals surface area contributed by atoms with Crippen molar-refractivity contribution >= 4 is 0 Å². The Hall–Kier alpha value is -0.0800. The van der Waals surface area contributed by atoms with Gasteiger partial charge in [-0.05, 0) is 44.7 Å². The second kappa shape index (κ2) is 5.86. The molecule has 1 heterocycles. The Morgan fingerprint density at radius 2 is 1.53 bits per heavy atom. The zero-order chi connectivity index (χ0) is 10.5. The number of aliphatic hydroxyl groups is 1. The highest BCUT2D eigenvalue weighted by atomic mass is 16.3. The lowest BCUT2D eigenvalue weighted by molar-refractivity contribution is 0.0987. The summed E-state index contributed by atoms with van der Waals surface area (Å²) in [7, 11) is 0. The van der Waals surface area contributed by atoms with E-state index < -0.39 is 0 Å². The molecule has 0 bridgehead atoms. The minimum atomic E-state index is -0.00422. The van der Waals surface area contributed by atoms with Crippen LogP contribution in [0.1, 0.15) is 51.4 Å². The molecule has 1 saturated heterocycles. The Morgan fingerprint density at radius 3 is 2.13 bits per heavy atom. The molecule has 88 valence electrons. The summed E-state index contributed by atoms with van der Waals surface area (Å²) in [6.45, 7) is 3.69. The summed E-state index contributed by atoms with van der Waals surface area (Å²) < 4.78 is 0. The lowest BCUT2D eigenvalue weighted by Gasteiger charge is -2.28. The molecule has 15 heavy (non-hydrogen) atoms. The number of rotatable bonds is 2. The zero-order valence-electron chi connectivity index (χ0n) is 9.83. The van der Waals surface area contributed by atoms with E-state index in [0.29, 0.717) is 5.92 Å². The molecule has 1 aliphatic heterocycles. The number of hydrogen-bond donors (Lipinski definition) is 1. The van der Waals surface area contributed by atoms with Gasteiger partial charge in [0.1, 0.15) is 0 Å². The SMILES string of the molecule is OC1CCCC1CN1CCCCCCC1. The molecule has 1 N–H and O–H groups in total. The smallest absolute Gasteiger partial charge is 0.0580 e. The van der Waals surface area contributed by atoms with Gasteiger partial charge in [-0.15, -0.1) is 0 Å². The van der Waals surface area contributed by atoms with E-state index in [2.05, 4.69) is 4.90 Å². The van der Waals surface area contributed by atoms with Gasteiger partial charge in [0.05, 0.1) is 6.10 Å². The molecule has 2 heteroatoms. The van der Waals surface area contributed by atoms with Gasteiger partial charge in [0.25, 0.3) is 0 Å². The van der Waals surface area contributed by atoms with Gasteiger partial charge in [0.2, 0.25) is 0 Å². The Kier molecular flexibility index (Phi) is 4.45. The Morgan fingerprint density at radius 1 is 0.867 bits per heavy atom. The summed E-state index contributed by atoms with van der Waals surface area (Å²) in [5.74, 6) is 0.574. The minimum absolute atomic E-state index is 0.00422. The molecule has 2 nitrogen and oxygen atoms in total. The van der Waals surface area contributed by atoms with Crippen LogP contribution in [0.5, 0.6) is 0 Å². The third kappa shape index (κ3) is 3.46. The molecule has 1 aliphatic carbocycles. The van der Waals surface area contributed by atoms with Gasteiger partial charge in [0.15, 0.2) is 0 Å². The van der Waals surface area contributed by atoms with Crippen molar-refractivity contribution in [1.82, 2.24) is 4.90 Å². The van der Waals surface area contributed by atoms with Crippen molar-refractivity contribution in [3.05, 3.63) is 0 Å². The maximum Gasteiger partial charge on any atom is 0.0580 e. The molecule has 2 atom stereocenters. The third-order valence-electron chi connectivity index (χ3n) is 4.06. The first-order valence-electron chi connectivity index (χ1n) is 6.76. The van der Waals surface area contributed by atoms with Crippen LogP contribution >= 0.6 is 0 Å². The van der Waals surface area contributed by atoms with E-state index in [-0.39, 0.29) is 6.10 Å². The van der Waals surface area contributed by atoms with Crippen molar-refractivity contribution in [2.24, 2.45) is 5.92 Å². The largest absolute Gasteiger partial charge is 0.393 e. The molecular formula is C13H25NO. The van der Waals surface area contributed by atoms with Crippen LogP contribution in [0.3, 0.4) is 0 Å². The average Bonchev–Trinajstić information content (AvgIpc) is 2.56. The molecule has 2 fully saturated rings. The van der Waals surface area contributed by atoms with Crippen molar-refractivity contribution in [3.8, 4) is 0 Å². The van der Waals surface area contributed by atoms with E-state index >= 15 is 0 Å². The topological polar surface area (TPSA) is 23.5 Å². The summed E-state index contributed by atoms with van der Waals surface area (Å²) in [6, 6.07) is 0.